The Hall–Kier alpha value is -2.96. The van der Waals surface area contributed by atoms with E-state index in [9.17, 15) is 4.79 Å². The van der Waals surface area contributed by atoms with Crippen molar-refractivity contribution in [3.8, 4) is 0 Å². The number of hydrogen-bond donors (Lipinski definition) is 0. The van der Waals surface area contributed by atoms with Gasteiger partial charge in [0, 0.05) is 43.5 Å². The van der Waals surface area contributed by atoms with E-state index in [0.717, 1.165) is 35.7 Å². The number of hydrogen-bond acceptors (Lipinski definition) is 5. The van der Waals surface area contributed by atoms with Crippen LogP contribution in [0.3, 0.4) is 0 Å². The third-order valence-corrected chi connectivity index (χ3v) is 5.08. The molecule has 1 aliphatic rings. The Kier molecular flexibility index (Phi) is 4.51. The Bertz CT molecular complexity index is 954. The number of amides is 1. The minimum Gasteiger partial charge on any atom is -0.353 e. The Labute approximate surface area is 158 Å². The van der Waals surface area contributed by atoms with Crippen LogP contribution >= 0.6 is 0 Å². The lowest BCUT2D eigenvalue weighted by molar-refractivity contribution is 0.0746. The summed E-state index contributed by atoms with van der Waals surface area (Å²) in [5.74, 6) is 1.96. The van der Waals surface area contributed by atoms with Gasteiger partial charge in [-0.15, -0.1) is 10.2 Å². The summed E-state index contributed by atoms with van der Waals surface area (Å²) in [7, 11) is 0. The van der Waals surface area contributed by atoms with Gasteiger partial charge >= 0.3 is 0 Å². The van der Waals surface area contributed by atoms with Crippen molar-refractivity contribution >= 4 is 17.5 Å². The fourth-order valence-electron chi connectivity index (χ4n) is 3.45. The van der Waals surface area contributed by atoms with Gasteiger partial charge in [0.1, 0.15) is 12.1 Å². The third kappa shape index (κ3) is 3.37. The first-order valence-electron chi connectivity index (χ1n) is 9.34. The average Bonchev–Trinajstić information content (AvgIpc) is 3.16. The van der Waals surface area contributed by atoms with Gasteiger partial charge in [-0.3, -0.25) is 9.20 Å². The van der Waals surface area contributed by atoms with Gasteiger partial charge in [0.2, 0.25) is 0 Å². The van der Waals surface area contributed by atoms with Crippen LogP contribution in [0.25, 0.3) is 5.78 Å². The molecule has 7 nitrogen and oxygen atoms in total. The molecule has 3 aromatic rings. The monoisotopic (exact) mass is 364 g/mol. The molecule has 7 heteroatoms. The summed E-state index contributed by atoms with van der Waals surface area (Å²) in [6.07, 6.45) is 1.71. The molecule has 27 heavy (non-hydrogen) atoms. The van der Waals surface area contributed by atoms with Crippen molar-refractivity contribution in [2.75, 3.05) is 31.1 Å². The van der Waals surface area contributed by atoms with Gasteiger partial charge < -0.3 is 9.80 Å². The van der Waals surface area contributed by atoms with E-state index in [1.54, 1.807) is 6.33 Å². The molecule has 0 aliphatic carbocycles. The number of nitrogens with zero attached hydrogens (tertiary/aromatic N) is 6. The minimum absolute atomic E-state index is 0.0957. The quantitative estimate of drug-likeness (QED) is 0.714. The number of carbonyl (C=O) groups is 1. The second-order valence-electron chi connectivity index (χ2n) is 7.34. The lowest BCUT2D eigenvalue weighted by atomic mass is 10.1. The molecule has 3 heterocycles. The van der Waals surface area contributed by atoms with Gasteiger partial charge in [-0.05, 0) is 25.0 Å². The average molecular weight is 364 g/mol. The summed E-state index contributed by atoms with van der Waals surface area (Å²) in [4.78, 5) is 21.5. The number of fused-ring (bicyclic) bond motifs is 1. The van der Waals surface area contributed by atoms with E-state index < -0.39 is 0 Å². The standard InChI is InChI=1S/C20H24N6O/c1-14(2)17-12-18(22-20-23-21-13-26(17)20)24-8-10-25(11-9-24)19(27)16-6-4-15(3)5-7-16/h4-7,12-14H,8-11H2,1-3H3. The normalized spacial score (nSPS) is 15.0. The van der Waals surface area contributed by atoms with E-state index in [1.807, 2.05) is 40.5 Å². The molecular weight excluding hydrogens is 340 g/mol. The molecule has 1 aromatic carbocycles. The Morgan fingerprint density at radius 3 is 2.44 bits per heavy atom. The zero-order chi connectivity index (χ0) is 19.0. The van der Waals surface area contributed by atoms with E-state index in [4.69, 9.17) is 0 Å². The Balaban J connectivity index is 1.50. The fraction of sp³-hybridized carbons (Fsp3) is 0.400. The molecule has 0 bridgehead atoms. The number of benzene rings is 1. The van der Waals surface area contributed by atoms with E-state index in [0.29, 0.717) is 24.8 Å². The molecule has 140 valence electrons. The maximum atomic E-state index is 12.7. The summed E-state index contributed by atoms with van der Waals surface area (Å²) >= 11 is 0. The highest BCUT2D eigenvalue weighted by atomic mass is 16.2. The van der Waals surface area contributed by atoms with Crippen LogP contribution in [0.2, 0.25) is 0 Å². The first kappa shape index (κ1) is 17.5. The number of aromatic nitrogens is 4. The van der Waals surface area contributed by atoms with Crippen LogP contribution in [0.15, 0.2) is 36.7 Å². The summed E-state index contributed by atoms with van der Waals surface area (Å²) in [5, 5.41) is 8.10. The van der Waals surface area contributed by atoms with Gasteiger partial charge in [-0.1, -0.05) is 31.5 Å². The number of rotatable bonds is 3. The molecule has 1 amide bonds. The van der Waals surface area contributed by atoms with E-state index in [-0.39, 0.29) is 5.91 Å². The van der Waals surface area contributed by atoms with Gasteiger partial charge in [0.15, 0.2) is 0 Å². The van der Waals surface area contributed by atoms with Crippen molar-refractivity contribution in [2.24, 2.45) is 0 Å². The number of carbonyl (C=O) groups excluding carboxylic acids is 1. The van der Waals surface area contributed by atoms with Crippen molar-refractivity contribution in [1.29, 1.82) is 0 Å². The van der Waals surface area contributed by atoms with Crippen molar-refractivity contribution in [3.05, 3.63) is 53.5 Å². The van der Waals surface area contributed by atoms with Crippen molar-refractivity contribution < 1.29 is 4.79 Å². The first-order chi connectivity index (χ1) is 13.0. The van der Waals surface area contributed by atoms with Crippen LogP contribution in [-0.4, -0.2) is 56.6 Å². The van der Waals surface area contributed by atoms with Crippen molar-refractivity contribution in [3.63, 3.8) is 0 Å². The molecular formula is C20H24N6O. The number of piperazine rings is 1. The van der Waals surface area contributed by atoms with Crippen LogP contribution in [0.5, 0.6) is 0 Å². The Morgan fingerprint density at radius 1 is 1.07 bits per heavy atom. The molecule has 1 fully saturated rings. The predicted molar refractivity (Wildman–Crippen MR) is 104 cm³/mol. The zero-order valence-corrected chi connectivity index (χ0v) is 16.0. The molecule has 4 rings (SSSR count). The van der Waals surface area contributed by atoms with E-state index in [1.165, 1.54) is 0 Å². The van der Waals surface area contributed by atoms with E-state index >= 15 is 0 Å². The molecule has 0 N–H and O–H groups in total. The lowest BCUT2D eigenvalue weighted by Crippen LogP contribution is -2.49. The van der Waals surface area contributed by atoms with Gasteiger partial charge in [-0.25, -0.2) is 0 Å². The zero-order valence-electron chi connectivity index (χ0n) is 16.0. The maximum absolute atomic E-state index is 12.7. The van der Waals surface area contributed by atoms with Crippen molar-refractivity contribution in [1.82, 2.24) is 24.5 Å². The summed E-state index contributed by atoms with van der Waals surface area (Å²) in [5.41, 5.74) is 3.05. The highest BCUT2D eigenvalue weighted by molar-refractivity contribution is 5.94. The van der Waals surface area contributed by atoms with Crippen LogP contribution in [-0.2, 0) is 0 Å². The smallest absolute Gasteiger partial charge is 0.256 e. The van der Waals surface area contributed by atoms with Gasteiger partial charge in [0.05, 0.1) is 0 Å². The number of aryl methyl sites for hydroxylation is 1. The molecule has 1 saturated heterocycles. The molecule has 1 aliphatic heterocycles. The van der Waals surface area contributed by atoms with Crippen LogP contribution in [0.1, 0.15) is 41.4 Å². The van der Waals surface area contributed by atoms with Crippen molar-refractivity contribution in [2.45, 2.75) is 26.7 Å². The van der Waals surface area contributed by atoms with E-state index in [2.05, 4.69) is 40.0 Å². The fourth-order valence-corrected chi connectivity index (χ4v) is 3.45. The summed E-state index contributed by atoms with van der Waals surface area (Å²) in [6, 6.07) is 9.88. The topological polar surface area (TPSA) is 66.6 Å². The molecule has 0 atom stereocenters. The summed E-state index contributed by atoms with van der Waals surface area (Å²) in [6.45, 7) is 9.20. The lowest BCUT2D eigenvalue weighted by Gasteiger charge is -2.35. The second kappa shape index (κ2) is 6.98. The Morgan fingerprint density at radius 2 is 1.78 bits per heavy atom. The third-order valence-electron chi connectivity index (χ3n) is 5.08. The molecule has 0 saturated carbocycles. The van der Waals surface area contributed by atoms with Crippen LogP contribution in [0.4, 0.5) is 5.82 Å². The second-order valence-corrected chi connectivity index (χ2v) is 7.34. The maximum Gasteiger partial charge on any atom is 0.256 e. The van der Waals surface area contributed by atoms with Gasteiger partial charge in [-0.2, -0.15) is 4.98 Å². The highest BCUT2D eigenvalue weighted by Gasteiger charge is 2.24. The largest absolute Gasteiger partial charge is 0.353 e. The molecule has 0 spiro atoms. The minimum atomic E-state index is 0.0957. The molecule has 0 radical (unpaired) electrons. The van der Waals surface area contributed by atoms with Gasteiger partial charge in [0.25, 0.3) is 11.7 Å². The van der Waals surface area contributed by atoms with Crippen LogP contribution in [0, 0.1) is 6.92 Å². The van der Waals surface area contributed by atoms with Crippen LogP contribution < -0.4 is 4.90 Å². The first-order valence-corrected chi connectivity index (χ1v) is 9.34. The number of anilines is 1. The highest BCUT2D eigenvalue weighted by Crippen LogP contribution is 2.22. The molecule has 0 unspecified atom stereocenters. The summed E-state index contributed by atoms with van der Waals surface area (Å²) < 4.78 is 1.94. The predicted octanol–water partition coefficient (Wildman–Crippen LogP) is 2.52. The molecule has 2 aromatic heterocycles. The SMILES string of the molecule is Cc1ccc(C(=O)N2CCN(c3cc(C(C)C)n4cnnc4n3)CC2)cc1.